The van der Waals surface area contributed by atoms with E-state index >= 15 is 0 Å². The smallest absolute Gasteiger partial charge is 0.257 e. The van der Waals surface area contributed by atoms with Gasteiger partial charge in [-0.1, -0.05) is 29.8 Å². The maximum Gasteiger partial charge on any atom is 0.257 e. The van der Waals surface area contributed by atoms with E-state index in [2.05, 4.69) is 20.4 Å². The molecule has 1 fully saturated rings. The fourth-order valence-electron chi connectivity index (χ4n) is 3.34. The van der Waals surface area contributed by atoms with E-state index in [9.17, 15) is 4.79 Å². The molecule has 6 nitrogen and oxygen atoms in total. The number of amides is 1. The van der Waals surface area contributed by atoms with Gasteiger partial charge >= 0.3 is 0 Å². The minimum Gasteiger partial charge on any atom is -0.346 e. The topological polar surface area (TPSA) is 54.3 Å². The van der Waals surface area contributed by atoms with Crippen LogP contribution < -0.4 is 4.90 Å². The maximum absolute atomic E-state index is 12.9. The molecule has 0 saturated carbocycles. The minimum absolute atomic E-state index is 0.0302. The molecule has 3 heterocycles. The van der Waals surface area contributed by atoms with Crippen molar-refractivity contribution in [3.05, 3.63) is 63.9 Å². The van der Waals surface area contributed by atoms with Crippen molar-refractivity contribution in [1.29, 1.82) is 0 Å². The van der Waals surface area contributed by atoms with Crippen LogP contribution in [0.2, 0.25) is 5.02 Å². The SMILES string of the molecule is Cc1csc(N2CCCN(C(=O)c3cnn(Cc4ccccc4Cl)c3)CC2)n1. The van der Waals surface area contributed by atoms with E-state index in [0.29, 0.717) is 23.7 Å². The number of carbonyl (C=O) groups excluding carboxylic acids is 1. The number of thiazole rings is 1. The van der Waals surface area contributed by atoms with Crippen LogP contribution in [0.3, 0.4) is 0 Å². The molecule has 0 N–H and O–H groups in total. The average molecular weight is 416 g/mol. The Balaban J connectivity index is 1.40. The fourth-order valence-corrected chi connectivity index (χ4v) is 4.40. The summed E-state index contributed by atoms with van der Waals surface area (Å²) in [6, 6.07) is 7.68. The summed E-state index contributed by atoms with van der Waals surface area (Å²) in [4.78, 5) is 21.7. The van der Waals surface area contributed by atoms with Gasteiger partial charge in [0, 0.05) is 42.8 Å². The summed E-state index contributed by atoms with van der Waals surface area (Å²) in [5.74, 6) is 0.0302. The molecule has 1 saturated heterocycles. The van der Waals surface area contributed by atoms with Gasteiger partial charge in [-0.25, -0.2) is 4.98 Å². The van der Waals surface area contributed by atoms with Gasteiger partial charge in [-0.05, 0) is 25.0 Å². The van der Waals surface area contributed by atoms with Gasteiger partial charge in [0.2, 0.25) is 0 Å². The molecule has 4 rings (SSSR count). The highest BCUT2D eigenvalue weighted by Gasteiger charge is 2.22. The molecule has 0 bridgehead atoms. The summed E-state index contributed by atoms with van der Waals surface area (Å²) in [6.45, 7) is 5.70. The van der Waals surface area contributed by atoms with Crippen molar-refractivity contribution < 1.29 is 4.79 Å². The van der Waals surface area contributed by atoms with Crippen LogP contribution in [-0.4, -0.2) is 51.8 Å². The number of nitrogens with zero attached hydrogens (tertiary/aromatic N) is 5. The first kappa shape index (κ1) is 19.0. The second-order valence-electron chi connectivity index (χ2n) is 6.92. The van der Waals surface area contributed by atoms with E-state index in [1.54, 1.807) is 28.4 Å². The quantitative estimate of drug-likeness (QED) is 0.652. The Hall–Kier alpha value is -2.38. The second kappa shape index (κ2) is 8.32. The van der Waals surface area contributed by atoms with Gasteiger partial charge in [-0.2, -0.15) is 5.10 Å². The predicted octanol–water partition coefficient (Wildman–Crippen LogP) is 3.70. The largest absolute Gasteiger partial charge is 0.346 e. The number of hydrogen-bond donors (Lipinski definition) is 0. The number of anilines is 1. The zero-order chi connectivity index (χ0) is 19.5. The van der Waals surface area contributed by atoms with Gasteiger partial charge in [0.05, 0.1) is 24.0 Å². The van der Waals surface area contributed by atoms with E-state index in [4.69, 9.17) is 11.6 Å². The Morgan fingerprint density at radius 2 is 2.07 bits per heavy atom. The number of halogens is 1. The van der Waals surface area contributed by atoms with Crippen LogP contribution >= 0.6 is 22.9 Å². The molecule has 1 aliphatic heterocycles. The van der Waals surface area contributed by atoms with E-state index in [-0.39, 0.29) is 5.91 Å². The van der Waals surface area contributed by atoms with Crippen LogP contribution in [0.15, 0.2) is 42.0 Å². The number of carbonyl (C=O) groups is 1. The normalized spacial score (nSPS) is 14.9. The van der Waals surface area contributed by atoms with Crippen molar-refractivity contribution in [2.24, 2.45) is 0 Å². The van der Waals surface area contributed by atoms with Crippen LogP contribution in [-0.2, 0) is 6.54 Å². The lowest BCUT2D eigenvalue weighted by molar-refractivity contribution is 0.0767. The summed E-state index contributed by atoms with van der Waals surface area (Å²) in [5, 5.41) is 8.16. The highest BCUT2D eigenvalue weighted by atomic mass is 35.5. The standard InChI is InChI=1S/C20H22ClN5OS/c1-15-14-28-20(23-15)25-8-4-7-24(9-10-25)19(27)17-11-22-26(13-17)12-16-5-2-3-6-18(16)21/h2-3,5-6,11,13-14H,4,7-10,12H2,1H3. The lowest BCUT2D eigenvalue weighted by Crippen LogP contribution is -2.35. The Kier molecular flexibility index (Phi) is 5.64. The molecule has 0 unspecified atom stereocenters. The predicted molar refractivity (Wildman–Crippen MR) is 112 cm³/mol. The zero-order valence-electron chi connectivity index (χ0n) is 15.7. The van der Waals surface area contributed by atoms with Crippen molar-refractivity contribution in [3.63, 3.8) is 0 Å². The monoisotopic (exact) mass is 415 g/mol. The first-order valence-electron chi connectivity index (χ1n) is 9.32. The van der Waals surface area contributed by atoms with Gasteiger partial charge in [0.15, 0.2) is 5.13 Å². The van der Waals surface area contributed by atoms with Crippen molar-refractivity contribution in [1.82, 2.24) is 19.7 Å². The van der Waals surface area contributed by atoms with Crippen molar-refractivity contribution in [2.75, 3.05) is 31.1 Å². The highest BCUT2D eigenvalue weighted by molar-refractivity contribution is 7.13. The number of benzene rings is 1. The summed E-state index contributed by atoms with van der Waals surface area (Å²) >= 11 is 7.89. The number of aromatic nitrogens is 3. The number of aryl methyl sites for hydroxylation is 1. The summed E-state index contributed by atoms with van der Waals surface area (Å²) in [5.41, 5.74) is 2.64. The Bertz CT molecular complexity index is 969. The molecule has 3 aromatic rings. The van der Waals surface area contributed by atoms with Gasteiger partial charge in [0.25, 0.3) is 5.91 Å². The van der Waals surface area contributed by atoms with Crippen molar-refractivity contribution >= 4 is 34.0 Å². The molecule has 0 spiro atoms. The maximum atomic E-state index is 12.9. The minimum atomic E-state index is 0.0302. The first-order valence-corrected chi connectivity index (χ1v) is 10.6. The van der Waals surface area contributed by atoms with Crippen LogP contribution in [0, 0.1) is 6.92 Å². The van der Waals surface area contributed by atoms with E-state index in [1.165, 1.54) is 0 Å². The van der Waals surface area contributed by atoms with Gasteiger partial charge < -0.3 is 9.80 Å². The number of hydrogen-bond acceptors (Lipinski definition) is 5. The third-order valence-corrected chi connectivity index (χ3v) is 6.22. The molecule has 0 aliphatic carbocycles. The summed E-state index contributed by atoms with van der Waals surface area (Å²) in [6.07, 6.45) is 4.38. The lowest BCUT2D eigenvalue weighted by atomic mass is 10.2. The molecule has 1 aliphatic rings. The molecule has 1 amide bonds. The number of rotatable bonds is 4. The molecule has 146 valence electrons. The summed E-state index contributed by atoms with van der Waals surface area (Å²) in [7, 11) is 0. The van der Waals surface area contributed by atoms with E-state index in [1.807, 2.05) is 36.1 Å². The zero-order valence-corrected chi connectivity index (χ0v) is 17.3. The lowest BCUT2D eigenvalue weighted by Gasteiger charge is -2.21. The highest BCUT2D eigenvalue weighted by Crippen LogP contribution is 2.22. The molecular formula is C20H22ClN5OS. The van der Waals surface area contributed by atoms with Crippen LogP contribution in [0.5, 0.6) is 0 Å². The van der Waals surface area contributed by atoms with Gasteiger partial charge in [-0.15, -0.1) is 11.3 Å². The fraction of sp³-hybridized carbons (Fsp3) is 0.350. The van der Waals surface area contributed by atoms with E-state index in [0.717, 1.165) is 42.4 Å². The third kappa shape index (κ3) is 4.20. The first-order chi connectivity index (χ1) is 13.6. The van der Waals surface area contributed by atoms with Crippen molar-refractivity contribution in [3.8, 4) is 0 Å². The Morgan fingerprint density at radius 1 is 1.21 bits per heavy atom. The third-order valence-electron chi connectivity index (χ3n) is 4.83. The summed E-state index contributed by atoms with van der Waals surface area (Å²) < 4.78 is 1.76. The molecule has 0 atom stereocenters. The van der Waals surface area contributed by atoms with Gasteiger partial charge in [-0.3, -0.25) is 9.48 Å². The van der Waals surface area contributed by atoms with Crippen LogP contribution in [0.25, 0.3) is 0 Å². The second-order valence-corrected chi connectivity index (χ2v) is 8.17. The molecule has 2 aromatic heterocycles. The average Bonchev–Trinajstić information content (AvgIpc) is 3.26. The molecule has 0 radical (unpaired) electrons. The van der Waals surface area contributed by atoms with Crippen molar-refractivity contribution in [2.45, 2.75) is 19.9 Å². The molecule has 28 heavy (non-hydrogen) atoms. The molecule has 1 aromatic carbocycles. The molecule has 8 heteroatoms. The molecular weight excluding hydrogens is 394 g/mol. The van der Waals surface area contributed by atoms with Gasteiger partial charge in [0.1, 0.15) is 0 Å². The Labute approximate surface area is 173 Å². The van der Waals surface area contributed by atoms with E-state index < -0.39 is 0 Å². The Morgan fingerprint density at radius 3 is 2.86 bits per heavy atom. The van der Waals surface area contributed by atoms with Crippen LogP contribution in [0.1, 0.15) is 28.0 Å². The van der Waals surface area contributed by atoms with Crippen LogP contribution in [0.4, 0.5) is 5.13 Å².